The van der Waals surface area contributed by atoms with Crippen molar-refractivity contribution in [2.75, 3.05) is 7.11 Å². The van der Waals surface area contributed by atoms with E-state index in [9.17, 15) is 22.4 Å². The summed E-state index contributed by atoms with van der Waals surface area (Å²) < 4.78 is 60.1. The molecule has 0 saturated carbocycles. The van der Waals surface area contributed by atoms with Gasteiger partial charge in [0.05, 0.1) is 13.2 Å². The Labute approximate surface area is 163 Å². The van der Waals surface area contributed by atoms with Gasteiger partial charge in [-0.15, -0.1) is 13.2 Å². The maximum atomic E-state index is 14.2. The highest BCUT2D eigenvalue weighted by Gasteiger charge is 2.42. The first-order valence-corrected chi connectivity index (χ1v) is 8.69. The van der Waals surface area contributed by atoms with Crippen molar-refractivity contribution in [1.82, 2.24) is 4.90 Å². The normalized spacial score (nSPS) is 19.8. The molecular weight excluding hydrogens is 402 g/mol. The largest absolute Gasteiger partial charge is 0.573 e. The molecule has 9 heteroatoms. The van der Waals surface area contributed by atoms with Gasteiger partial charge in [0, 0.05) is 23.6 Å². The molecule has 2 atom stereocenters. The Balaban J connectivity index is 1.86. The highest BCUT2D eigenvalue weighted by atomic mass is 35.5. The van der Waals surface area contributed by atoms with Crippen LogP contribution in [0.2, 0.25) is 5.02 Å². The van der Waals surface area contributed by atoms with Gasteiger partial charge >= 0.3 is 6.36 Å². The third kappa shape index (κ3) is 4.32. The molecule has 0 N–H and O–H groups in total. The summed E-state index contributed by atoms with van der Waals surface area (Å²) in [6, 6.07) is 9.37. The molecule has 0 bridgehead atoms. The van der Waals surface area contributed by atoms with Gasteiger partial charge in [0.1, 0.15) is 11.5 Å². The van der Waals surface area contributed by atoms with Crippen molar-refractivity contribution in [2.45, 2.75) is 31.5 Å². The lowest BCUT2D eigenvalue weighted by molar-refractivity contribution is -0.274. The van der Waals surface area contributed by atoms with Crippen molar-refractivity contribution in [1.29, 1.82) is 0 Å². The van der Waals surface area contributed by atoms with Gasteiger partial charge in [-0.25, -0.2) is 4.39 Å². The smallest absolute Gasteiger partial charge is 0.496 e. The molecule has 28 heavy (non-hydrogen) atoms. The SMILES string of the molecule is COc1cccc(Cl)c1[C@H]1C[C@H](F)C(=O)N1Cc1ccc(OC(F)(F)F)cc1. The van der Waals surface area contributed by atoms with Gasteiger partial charge in [-0.05, 0) is 29.8 Å². The average molecular weight is 418 g/mol. The predicted octanol–water partition coefficient (Wildman–Crippen LogP) is 5.06. The van der Waals surface area contributed by atoms with Gasteiger partial charge < -0.3 is 14.4 Å². The van der Waals surface area contributed by atoms with Gasteiger partial charge in [-0.1, -0.05) is 29.8 Å². The minimum Gasteiger partial charge on any atom is -0.496 e. The number of methoxy groups -OCH3 is 1. The zero-order valence-electron chi connectivity index (χ0n) is 14.7. The monoisotopic (exact) mass is 417 g/mol. The van der Waals surface area contributed by atoms with Crippen LogP contribution in [0.4, 0.5) is 17.6 Å². The van der Waals surface area contributed by atoms with Gasteiger partial charge in [0.2, 0.25) is 0 Å². The van der Waals surface area contributed by atoms with Crippen LogP contribution in [0.1, 0.15) is 23.6 Å². The summed E-state index contributed by atoms with van der Waals surface area (Å²) in [5.74, 6) is -0.655. The zero-order chi connectivity index (χ0) is 20.5. The van der Waals surface area contributed by atoms with E-state index in [1.807, 2.05) is 0 Å². The molecule has 0 spiro atoms. The highest BCUT2D eigenvalue weighted by molar-refractivity contribution is 6.31. The topological polar surface area (TPSA) is 38.8 Å². The molecule has 1 aliphatic rings. The van der Waals surface area contributed by atoms with E-state index in [0.717, 1.165) is 12.1 Å². The summed E-state index contributed by atoms with van der Waals surface area (Å²) in [6.45, 7) is 0.00456. The van der Waals surface area contributed by atoms with Crippen LogP contribution in [0.15, 0.2) is 42.5 Å². The number of halogens is 5. The number of benzene rings is 2. The van der Waals surface area contributed by atoms with Crippen LogP contribution in [0.5, 0.6) is 11.5 Å². The van der Waals surface area contributed by atoms with Crippen LogP contribution in [-0.4, -0.2) is 30.5 Å². The first-order valence-electron chi connectivity index (χ1n) is 8.31. The number of carbonyl (C=O) groups excluding carboxylic acids is 1. The minimum absolute atomic E-state index is 0.00456. The van der Waals surface area contributed by atoms with Crippen LogP contribution in [0, 0.1) is 0 Å². The molecule has 1 saturated heterocycles. The molecule has 1 heterocycles. The second-order valence-electron chi connectivity index (χ2n) is 6.23. The first-order chi connectivity index (χ1) is 13.2. The highest BCUT2D eigenvalue weighted by Crippen LogP contribution is 2.43. The molecule has 1 aliphatic heterocycles. The van der Waals surface area contributed by atoms with E-state index in [1.54, 1.807) is 18.2 Å². The number of ether oxygens (including phenoxy) is 2. The fourth-order valence-electron chi connectivity index (χ4n) is 3.23. The van der Waals surface area contributed by atoms with Gasteiger partial charge in [-0.3, -0.25) is 4.79 Å². The number of hydrogen-bond donors (Lipinski definition) is 0. The van der Waals surface area contributed by atoms with E-state index in [-0.39, 0.29) is 18.7 Å². The maximum absolute atomic E-state index is 14.2. The number of rotatable bonds is 5. The molecule has 0 radical (unpaired) electrons. The number of amides is 1. The van der Waals surface area contributed by atoms with Gasteiger partial charge in [0.15, 0.2) is 6.17 Å². The molecule has 2 aromatic carbocycles. The molecule has 0 unspecified atom stereocenters. The average Bonchev–Trinajstić information content (AvgIpc) is 2.90. The van der Waals surface area contributed by atoms with E-state index in [4.69, 9.17) is 16.3 Å². The van der Waals surface area contributed by atoms with Crippen molar-refractivity contribution in [2.24, 2.45) is 0 Å². The predicted molar refractivity (Wildman–Crippen MR) is 93.9 cm³/mol. The summed E-state index contributed by atoms with van der Waals surface area (Å²) in [5, 5.41) is 0.338. The van der Waals surface area contributed by atoms with Crippen molar-refractivity contribution in [3.63, 3.8) is 0 Å². The summed E-state index contributed by atoms with van der Waals surface area (Å²) in [6.07, 6.45) is -6.58. The minimum atomic E-state index is -4.79. The van der Waals surface area contributed by atoms with E-state index >= 15 is 0 Å². The quantitative estimate of drug-likeness (QED) is 0.638. The number of likely N-dealkylation sites (tertiary alicyclic amines) is 1. The standard InChI is InChI=1S/C19H16ClF4NO3/c1-27-16-4-2-3-13(20)17(16)15-9-14(21)18(26)25(15)10-11-5-7-12(8-6-11)28-19(22,23)24/h2-8,14-15H,9-10H2,1H3/t14-,15+/m0/s1. The zero-order valence-corrected chi connectivity index (χ0v) is 15.4. The van der Waals surface area contributed by atoms with Gasteiger partial charge in [0.25, 0.3) is 5.91 Å². The lowest BCUT2D eigenvalue weighted by Gasteiger charge is -2.27. The number of hydrogen-bond acceptors (Lipinski definition) is 3. The van der Waals surface area contributed by atoms with E-state index in [1.165, 1.54) is 24.1 Å². The van der Waals surface area contributed by atoms with Crippen LogP contribution in [0.3, 0.4) is 0 Å². The summed E-state index contributed by atoms with van der Waals surface area (Å²) in [5.41, 5.74) is 1.02. The molecule has 2 aromatic rings. The van der Waals surface area contributed by atoms with E-state index in [0.29, 0.717) is 21.9 Å². The fourth-order valence-corrected chi connectivity index (χ4v) is 3.52. The first kappa shape index (κ1) is 20.3. The van der Waals surface area contributed by atoms with Crippen molar-refractivity contribution < 1.29 is 31.8 Å². The lowest BCUT2D eigenvalue weighted by Crippen LogP contribution is -2.29. The summed E-state index contributed by atoms with van der Waals surface area (Å²) in [4.78, 5) is 13.7. The molecule has 0 aliphatic carbocycles. The number of carbonyl (C=O) groups is 1. The third-order valence-corrected chi connectivity index (χ3v) is 4.76. The van der Waals surface area contributed by atoms with Crippen molar-refractivity contribution in [3.8, 4) is 11.5 Å². The molecule has 150 valence electrons. The Morgan fingerprint density at radius 1 is 1.18 bits per heavy atom. The second kappa shape index (κ2) is 7.87. The molecule has 0 aromatic heterocycles. The van der Waals surface area contributed by atoms with Crippen LogP contribution in [0.25, 0.3) is 0 Å². The molecule has 3 rings (SSSR count). The lowest BCUT2D eigenvalue weighted by atomic mass is 10.0. The summed E-state index contributed by atoms with van der Waals surface area (Å²) >= 11 is 6.27. The number of nitrogens with zero attached hydrogens (tertiary/aromatic N) is 1. The van der Waals surface area contributed by atoms with Gasteiger partial charge in [-0.2, -0.15) is 0 Å². The Bertz CT molecular complexity index is 857. The Hall–Kier alpha value is -2.48. The molecule has 4 nitrogen and oxygen atoms in total. The van der Waals surface area contributed by atoms with Crippen molar-refractivity contribution >= 4 is 17.5 Å². The Morgan fingerprint density at radius 2 is 1.86 bits per heavy atom. The van der Waals surface area contributed by atoms with E-state index < -0.39 is 24.5 Å². The van der Waals surface area contributed by atoms with Crippen LogP contribution >= 0.6 is 11.6 Å². The summed E-state index contributed by atoms with van der Waals surface area (Å²) in [7, 11) is 1.45. The molecule has 1 fully saturated rings. The third-order valence-electron chi connectivity index (χ3n) is 4.43. The van der Waals surface area contributed by atoms with Crippen LogP contribution < -0.4 is 9.47 Å². The Morgan fingerprint density at radius 3 is 2.46 bits per heavy atom. The number of alkyl halides is 4. The maximum Gasteiger partial charge on any atom is 0.573 e. The molecular formula is C19H16ClF4NO3. The fraction of sp³-hybridized carbons (Fsp3) is 0.316. The second-order valence-corrected chi connectivity index (χ2v) is 6.64. The Kier molecular flexibility index (Phi) is 5.69. The van der Waals surface area contributed by atoms with Crippen LogP contribution in [-0.2, 0) is 11.3 Å². The van der Waals surface area contributed by atoms with Crippen molar-refractivity contribution in [3.05, 3.63) is 58.6 Å². The molecule has 1 amide bonds. The van der Waals surface area contributed by atoms with E-state index in [2.05, 4.69) is 4.74 Å².